The Hall–Kier alpha value is -2.44. The van der Waals surface area contributed by atoms with Gasteiger partial charge in [-0.05, 0) is 63.5 Å². The summed E-state index contributed by atoms with van der Waals surface area (Å²) in [5.74, 6) is 0.246. The number of benzene rings is 1. The molecule has 0 radical (unpaired) electrons. The highest BCUT2D eigenvalue weighted by molar-refractivity contribution is 5.87. The molecule has 0 saturated heterocycles. The van der Waals surface area contributed by atoms with Crippen LogP contribution in [0, 0.1) is 11.8 Å². The van der Waals surface area contributed by atoms with E-state index in [1.165, 1.54) is 6.08 Å². The molecular formula is C26H36O6. The zero-order chi connectivity index (χ0) is 23.3. The van der Waals surface area contributed by atoms with Crippen LogP contribution in [0.5, 0.6) is 0 Å². The fourth-order valence-corrected chi connectivity index (χ4v) is 3.61. The van der Waals surface area contributed by atoms with Gasteiger partial charge in [0, 0.05) is 11.6 Å². The molecule has 176 valence electrons. The Morgan fingerprint density at radius 3 is 2.28 bits per heavy atom. The maximum absolute atomic E-state index is 11.9. The van der Waals surface area contributed by atoms with Gasteiger partial charge >= 0.3 is 11.9 Å². The van der Waals surface area contributed by atoms with Gasteiger partial charge in [0.25, 0.3) is 0 Å². The second-order valence-corrected chi connectivity index (χ2v) is 8.38. The Labute approximate surface area is 191 Å². The first-order chi connectivity index (χ1) is 15.3. The van der Waals surface area contributed by atoms with E-state index < -0.39 is 24.5 Å². The molecule has 2 atom stereocenters. The molecule has 0 amide bonds. The largest absolute Gasteiger partial charge is 0.433 e. The molecule has 1 fully saturated rings. The van der Waals surface area contributed by atoms with Gasteiger partial charge in [-0.1, -0.05) is 49.8 Å². The molecular weight excluding hydrogens is 408 g/mol. The summed E-state index contributed by atoms with van der Waals surface area (Å²) in [7, 11) is 0. The number of hydrogen-bond donors (Lipinski definition) is 0. The molecule has 0 heterocycles. The number of hydrogen-bond acceptors (Lipinski definition) is 6. The lowest BCUT2D eigenvalue weighted by atomic mass is 9.81. The van der Waals surface area contributed by atoms with Crippen molar-refractivity contribution >= 4 is 18.0 Å². The van der Waals surface area contributed by atoms with E-state index in [1.807, 2.05) is 30.3 Å². The standard InChI is InChI=1S/C26H36O6/c1-19(2)26(28)32-20(3)29-17-16-23-10-12-24(13-11-23)18-30-21(4)31-25(27)15-14-22-8-6-5-7-9-22/h5-9,14-15,20-21,23-24H,1,10-13,16-18H2,2-4H3/b15-14+. The zero-order valence-electron chi connectivity index (χ0n) is 19.5. The van der Waals surface area contributed by atoms with Gasteiger partial charge in [-0.2, -0.15) is 0 Å². The summed E-state index contributed by atoms with van der Waals surface area (Å²) in [6, 6.07) is 9.61. The molecule has 1 aromatic rings. The van der Waals surface area contributed by atoms with Gasteiger partial charge in [0.05, 0.1) is 13.2 Å². The highest BCUT2D eigenvalue weighted by Gasteiger charge is 2.22. The van der Waals surface area contributed by atoms with Crippen molar-refractivity contribution in [3.05, 3.63) is 54.1 Å². The van der Waals surface area contributed by atoms with E-state index in [1.54, 1.807) is 26.8 Å². The van der Waals surface area contributed by atoms with Crippen LogP contribution in [0.25, 0.3) is 6.08 Å². The summed E-state index contributed by atoms with van der Waals surface area (Å²) in [5.41, 5.74) is 1.32. The zero-order valence-corrected chi connectivity index (χ0v) is 19.5. The molecule has 6 heteroatoms. The van der Waals surface area contributed by atoms with Crippen molar-refractivity contribution in [2.24, 2.45) is 11.8 Å². The SMILES string of the molecule is C=C(C)C(=O)OC(C)OCCC1CCC(COC(C)OC(=O)/C=C/c2ccccc2)CC1. The van der Waals surface area contributed by atoms with Crippen molar-refractivity contribution in [2.75, 3.05) is 13.2 Å². The minimum absolute atomic E-state index is 0.369. The number of ether oxygens (including phenoxy) is 4. The third-order valence-electron chi connectivity index (χ3n) is 5.53. The number of rotatable bonds is 12. The van der Waals surface area contributed by atoms with Crippen LogP contribution in [0.1, 0.15) is 58.4 Å². The van der Waals surface area contributed by atoms with Crippen LogP contribution in [-0.2, 0) is 28.5 Å². The summed E-state index contributed by atoms with van der Waals surface area (Å²) in [6.07, 6.45) is 7.36. The van der Waals surface area contributed by atoms with Crippen LogP contribution in [0.15, 0.2) is 48.6 Å². The lowest BCUT2D eigenvalue weighted by Crippen LogP contribution is -2.25. The average molecular weight is 445 g/mol. The molecule has 1 aliphatic carbocycles. The van der Waals surface area contributed by atoms with E-state index in [2.05, 4.69) is 6.58 Å². The first-order valence-corrected chi connectivity index (χ1v) is 11.4. The van der Waals surface area contributed by atoms with Crippen molar-refractivity contribution < 1.29 is 28.5 Å². The highest BCUT2D eigenvalue weighted by Crippen LogP contribution is 2.31. The molecule has 6 nitrogen and oxygen atoms in total. The molecule has 0 aromatic heterocycles. The van der Waals surface area contributed by atoms with Gasteiger partial charge in [-0.15, -0.1) is 0 Å². The first-order valence-electron chi connectivity index (χ1n) is 11.4. The quantitative estimate of drug-likeness (QED) is 0.248. The Bertz CT molecular complexity index is 749. The molecule has 0 bridgehead atoms. The lowest BCUT2D eigenvalue weighted by Gasteiger charge is -2.29. The van der Waals surface area contributed by atoms with Crippen molar-refractivity contribution in [3.8, 4) is 0 Å². The molecule has 1 aliphatic rings. The van der Waals surface area contributed by atoms with Gasteiger partial charge < -0.3 is 18.9 Å². The summed E-state index contributed by atoms with van der Waals surface area (Å²) in [6.45, 7) is 9.81. The predicted molar refractivity (Wildman–Crippen MR) is 123 cm³/mol. The van der Waals surface area contributed by atoms with Gasteiger partial charge in [-0.3, -0.25) is 0 Å². The molecule has 0 N–H and O–H groups in total. The topological polar surface area (TPSA) is 71.1 Å². The van der Waals surface area contributed by atoms with E-state index in [-0.39, 0.29) is 0 Å². The van der Waals surface area contributed by atoms with Crippen molar-refractivity contribution in [1.29, 1.82) is 0 Å². The maximum atomic E-state index is 11.9. The number of esters is 2. The molecule has 1 aromatic carbocycles. The number of carbonyl (C=O) groups excluding carboxylic acids is 2. The third-order valence-corrected chi connectivity index (χ3v) is 5.53. The summed E-state index contributed by atoms with van der Waals surface area (Å²) in [4.78, 5) is 23.4. The van der Waals surface area contributed by atoms with Crippen molar-refractivity contribution in [2.45, 2.75) is 65.5 Å². The lowest BCUT2D eigenvalue weighted by molar-refractivity contribution is -0.171. The minimum Gasteiger partial charge on any atom is -0.433 e. The molecule has 0 spiro atoms. The van der Waals surface area contributed by atoms with Gasteiger partial charge in [0.2, 0.25) is 0 Å². The fourth-order valence-electron chi connectivity index (χ4n) is 3.61. The normalized spacial score (nSPS) is 20.5. The van der Waals surface area contributed by atoms with Gasteiger partial charge in [-0.25, -0.2) is 9.59 Å². The van der Waals surface area contributed by atoms with Crippen molar-refractivity contribution in [3.63, 3.8) is 0 Å². The summed E-state index contributed by atoms with van der Waals surface area (Å²) < 4.78 is 21.8. The Morgan fingerprint density at radius 2 is 1.62 bits per heavy atom. The van der Waals surface area contributed by atoms with Crippen LogP contribution in [0.3, 0.4) is 0 Å². The van der Waals surface area contributed by atoms with Crippen LogP contribution < -0.4 is 0 Å². The molecule has 2 unspecified atom stereocenters. The third kappa shape index (κ3) is 10.2. The van der Waals surface area contributed by atoms with Crippen molar-refractivity contribution in [1.82, 2.24) is 0 Å². The fraction of sp³-hybridized carbons (Fsp3) is 0.538. The Balaban J connectivity index is 1.56. The highest BCUT2D eigenvalue weighted by atomic mass is 16.7. The van der Waals surface area contributed by atoms with Crippen LogP contribution in [0.4, 0.5) is 0 Å². The Morgan fingerprint density at radius 1 is 1.00 bits per heavy atom. The summed E-state index contributed by atoms with van der Waals surface area (Å²) >= 11 is 0. The number of carbonyl (C=O) groups is 2. The first kappa shape index (κ1) is 25.8. The van der Waals surface area contributed by atoms with Crippen LogP contribution in [0.2, 0.25) is 0 Å². The van der Waals surface area contributed by atoms with Gasteiger partial charge in [0.1, 0.15) is 0 Å². The maximum Gasteiger partial charge on any atom is 0.335 e. The van der Waals surface area contributed by atoms with E-state index in [9.17, 15) is 9.59 Å². The minimum atomic E-state index is -0.572. The predicted octanol–water partition coefficient (Wildman–Crippen LogP) is 5.28. The van der Waals surface area contributed by atoms with E-state index >= 15 is 0 Å². The molecule has 2 rings (SSSR count). The summed E-state index contributed by atoms with van der Waals surface area (Å²) in [5, 5.41) is 0. The molecule has 1 saturated carbocycles. The second kappa shape index (κ2) is 13.9. The van der Waals surface area contributed by atoms with Gasteiger partial charge in [0.15, 0.2) is 12.6 Å². The van der Waals surface area contributed by atoms with E-state index in [0.717, 1.165) is 37.7 Å². The van der Waals surface area contributed by atoms with E-state index in [0.29, 0.717) is 30.6 Å². The monoisotopic (exact) mass is 444 g/mol. The second-order valence-electron chi connectivity index (χ2n) is 8.38. The molecule has 32 heavy (non-hydrogen) atoms. The smallest absolute Gasteiger partial charge is 0.335 e. The van der Waals surface area contributed by atoms with Crippen LogP contribution in [-0.4, -0.2) is 37.7 Å². The van der Waals surface area contributed by atoms with E-state index in [4.69, 9.17) is 18.9 Å². The molecule has 0 aliphatic heterocycles. The average Bonchev–Trinajstić information content (AvgIpc) is 2.77. The Kier molecular flexibility index (Phi) is 11.2. The van der Waals surface area contributed by atoms with Crippen LogP contribution >= 0.6 is 0 Å².